The Morgan fingerprint density at radius 2 is 1.64 bits per heavy atom. The molecule has 0 bridgehead atoms. The Kier molecular flexibility index (Phi) is 6.43. The summed E-state index contributed by atoms with van der Waals surface area (Å²) in [5.41, 5.74) is 0.461. The van der Waals surface area contributed by atoms with Gasteiger partial charge in [-0.25, -0.2) is 0 Å². The van der Waals surface area contributed by atoms with Crippen LogP contribution in [0.25, 0.3) is 0 Å². The monoisotopic (exact) mass is 200 g/mol. The second-order valence-corrected chi connectivity index (χ2v) is 5.94. The molecule has 0 rings (SSSR count). The molecule has 1 atom stereocenters. The zero-order valence-corrected chi connectivity index (χ0v) is 10.6. The lowest BCUT2D eigenvalue weighted by molar-refractivity contribution is 0.207. The fourth-order valence-electron chi connectivity index (χ4n) is 2.67. The minimum absolute atomic E-state index is 0.342. The van der Waals surface area contributed by atoms with Crippen LogP contribution in [0.2, 0.25) is 0 Å². The Morgan fingerprint density at radius 3 is 2.07 bits per heavy atom. The molecule has 0 aromatic heterocycles. The first-order valence-corrected chi connectivity index (χ1v) is 5.98. The largest absolute Gasteiger partial charge is 0.396 e. The van der Waals surface area contributed by atoms with Crippen molar-refractivity contribution in [1.82, 2.24) is 0 Å². The Hall–Kier alpha value is -0.0400. The lowest BCUT2D eigenvalue weighted by atomic mass is 9.76. The Bertz CT molecular complexity index is 138. The van der Waals surface area contributed by atoms with Crippen molar-refractivity contribution in [2.75, 3.05) is 6.61 Å². The van der Waals surface area contributed by atoms with E-state index in [-0.39, 0.29) is 0 Å². The molecular formula is C13H28O. The molecule has 0 aromatic rings. The molecule has 0 amide bonds. The number of hydrogen-bond acceptors (Lipinski definition) is 1. The number of rotatable bonds is 7. The van der Waals surface area contributed by atoms with Gasteiger partial charge in [-0.15, -0.1) is 0 Å². The standard InChI is InChI=1S/C13H28O/c1-11(2)9-13(4,5)10-12(3)7-6-8-14/h11-12,14H,6-10H2,1-5H3. The van der Waals surface area contributed by atoms with E-state index in [4.69, 9.17) is 5.11 Å². The molecule has 1 nitrogen and oxygen atoms in total. The average Bonchev–Trinajstić information content (AvgIpc) is 1.96. The first-order valence-electron chi connectivity index (χ1n) is 5.98. The molecule has 0 spiro atoms. The summed E-state index contributed by atoms with van der Waals surface area (Å²) in [5.74, 6) is 1.53. The molecule has 0 aliphatic heterocycles. The maximum atomic E-state index is 8.76. The van der Waals surface area contributed by atoms with E-state index < -0.39 is 0 Å². The summed E-state index contributed by atoms with van der Waals surface area (Å²) in [4.78, 5) is 0. The topological polar surface area (TPSA) is 20.2 Å². The molecule has 1 N–H and O–H groups in total. The van der Waals surface area contributed by atoms with Gasteiger partial charge in [0.05, 0.1) is 0 Å². The molecule has 1 heteroatoms. The van der Waals surface area contributed by atoms with E-state index in [1.165, 1.54) is 12.8 Å². The second-order valence-electron chi connectivity index (χ2n) is 5.94. The smallest absolute Gasteiger partial charge is 0.0431 e. The van der Waals surface area contributed by atoms with Crippen molar-refractivity contribution in [2.45, 2.75) is 60.3 Å². The molecule has 86 valence electrons. The van der Waals surface area contributed by atoms with Crippen LogP contribution in [0, 0.1) is 17.3 Å². The van der Waals surface area contributed by atoms with Gasteiger partial charge in [0.1, 0.15) is 0 Å². The van der Waals surface area contributed by atoms with Crippen LogP contribution < -0.4 is 0 Å². The lowest BCUT2D eigenvalue weighted by Crippen LogP contribution is -2.18. The third-order valence-electron chi connectivity index (χ3n) is 2.72. The highest BCUT2D eigenvalue weighted by molar-refractivity contribution is 4.73. The molecule has 0 aliphatic carbocycles. The minimum atomic E-state index is 0.342. The molecular weight excluding hydrogens is 172 g/mol. The summed E-state index contributed by atoms with van der Waals surface area (Å²) in [6.45, 7) is 12.0. The highest BCUT2D eigenvalue weighted by atomic mass is 16.2. The first-order chi connectivity index (χ1) is 6.37. The molecule has 0 aliphatic rings. The van der Waals surface area contributed by atoms with Crippen molar-refractivity contribution in [3.8, 4) is 0 Å². The van der Waals surface area contributed by atoms with Gasteiger partial charge >= 0.3 is 0 Å². The lowest BCUT2D eigenvalue weighted by Gasteiger charge is -2.29. The van der Waals surface area contributed by atoms with E-state index in [1.807, 2.05) is 0 Å². The van der Waals surface area contributed by atoms with Crippen molar-refractivity contribution < 1.29 is 5.11 Å². The SMILES string of the molecule is CC(C)CC(C)(C)CC(C)CCCO. The van der Waals surface area contributed by atoms with Crippen molar-refractivity contribution >= 4 is 0 Å². The normalized spacial score (nSPS) is 14.8. The quantitative estimate of drug-likeness (QED) is 0.661. The highest BCUT2D eigenvalue weighted by Crippen LogP contribution is 2.33. The van der Waals surface area contributed by atoms with Crippen LogP contribution in [0.5, 0.6) is 0 Å². The number of hydrogen-bond donors (Lipinski definition) is 1. The first kappa shape index (κ1) is 14.0. The zero-order valence-electron chi connectivity index (χ0n) is 10.6. The van der Waals surface area contributed by atoms with E-state index in [0.717, 1.165) is 24.7 Å². The molecule has 0 saturated heterocycles. The third-order valence-corrected chi connectivity index (χ3v) is 2.72. The summed E-state index contributed by atoms with van der Waals surface area (Å²) in [6, 6.07) is 0. The van der Waals surface area contributed by atoms with Gasteiger partial charge in [-0.1, -0.05) is 34.6 Å². The fourth-order valence-corrected chi connectivity index (χ4v) is 2.67. The van der Waals surface area contributed by atoms with Gasteiger partial charge in [0.25, 0.3) is 0 Å². The van der Waals surface area contributed by atoms with Gasteiger partial charge < -0.3 is 5.11 Å². The summed E-state index contributed by atoms with van der Waals surface area (Å²) < 4.78 is 0. The van der Waals surface area contributed by atoms with E-state index in [0.29, 0.717) is 12.0 Å². The van der Waals surface area contributed by atoms with Crippen molar-refractivity contribution in [1.29, 1.82) is 0 Å². The zero-order chi connectivity index (χ0) is 11.2. The van der Waals surface area contributed by atoms with Crippen LogP contribution in [0.4, 0.5) is 0 Å². The Balaban J connectivity index is 3.82. The molecule has 0 radical (unpaired) electrons. The molecule has 0 heterocycles. The molecule has 14 heavy (non-hydrogen) atoms. The predicted molar refractivity (Wildman–Crippen MR) is 63.3 cm³/mol. The summed E-state index contributed by atoms with van der Waals surface area (Å²) in [5, 5.41) is 8.76. The number of aliphatic hydroxyl groups is 1. The van der Waals surface area contributed by atoms with Crippen LogP contribution in [0.3, 0.4) is 0 Å². The molecule has 0 aromatic carbocycles. The Labute approximate surface area is 89.9 Å². The van der Waals surface area contributed by atoms with Crippen LogP contribution in [0.15, 0.2) is 0 Å². The van der Waals surface area contributed by atoms with E-state index in [2.05, 4.69) is 34.6 Å². The summed E-state index contributed by atoms with van der Waals surface area (Å²) in [6.07, 6.45) is 4.71. The third kappa shape index (κ3) is 7.37. The van der Waals surface area contributed by atoms with Gasteiger partial charge in [0.15, 0.2) is 0 Å². The van der Waals surface area contributed by atoms with Crippen LogP contribution in [-0.4, -0.2) is 11.7 Å². The summed E-state index contributed by atoms with van der Waals surface area (Å²) >= 11 is 0. The van der Waals surface area contributed by atoms with Gasteiger partial charge in [-0.05, 0) is 42.9 Å². The predicted octanol–water partition coefficient (Wildman–Crippen LogP) is 3.86. The fraction of sp³-hybridized carbons (Fsp3) is 1.00. The highest BCUT2D eigenvalue weighted by Gasteiger charge is 2.21. The maximum Gasteiger partial charge on any atom is 0.0431 e. The van der Waals surface area contributed by atoms with Crippen LogP contribution in [-0.2, 0) is 0 Å². The van der Waals surface area contributed by atoms with Gasteiger partial charge in [-0.2, -0.15) is 0 Å². The average molecular weight is 200 g/mol. The maximum absolute atomic E-state index is 8.76. The van der Waals surface area contributed by atoms with E-state index in [1.54, 1.807) is 0 Å². The van der Waals surface area contributed by atoms with Crippen LogP contribution >= 0.6 is 0 Å². The van der Waals surface area contributed by atoms with Crippen molar-refractivity contribution in [3.63, 3.8) is 0 Å². The van der Waals surface area contributed by atoms with Crippen LogP contribution in [0.1, 0.15) is 60.3 Å². The van der Waals surface area contributed by atoms with Gasteiger partial charge in [0.2, 0.25) is 0 Å². The van der Waals surface area contributed by atoms with Crippen molar-refractivity contribution in [3.05, 3.63) is 0 Å². The van der Waals surface area contributed by atoms with E-state index in [9.17, 15) is 0 Å². The molecule has 0 saturated carbocycles. The minimum Gasteiger partial charge on any atom is -0.396 e. The molecule has 1 unspecified atom stereocenters. The van der Waals surface area contributed by atoms with Crippen molar-refractivity contribution in [2.24, 2.45) is 17.3 Å². The Morgan fingerprint density at radius 1 is 1.07 bits per heavy atom. The van der Waals surface area contributed by atoms with Gasteiger partial charge in [-0.3, -0.25) is 0 Å². The second kappa shape index (κ2) is 6.44. The molecule has 0 fully saturated rings. The van der Waals surface area contributed by atoms with E-state index >= 15 is 0 Å². The number of aliphatic hydroxyl groups excluding tert-OH is 1. The van der Waals surface area contributed by atoms with Gasteiger partial charge in [0, 0.05) is 6.61 Å². The summed E-state index contributed by atoms with van der Waals surface area (Å²) in [7, 11) is 0.